The van der Waals surface area contributed by atoms with Crippen LogP contribution in [0.4, 0.5) is 0 Å². The molecule has 0 aliphatic carbocycles. The molecule has 0 aliphatic rings. The first-order chi connectivity index (χ1) is 7.36. The van der Waals surface area contributed by atoms with Gasteiger partial charge in [0.25, 0.3) is 0 Å². The van der Waals surface area contributed by atoms with Gasteiger partial charge in [0.2, 0.25) is 11.0 Å². The topological polar surface area (TPSA) is 52.7 Å². The highest BCUT2D eigenvalue weighted by Gasteiger charge is 2.08. The van der Waals surface area contributed by atoms with Gasteiger partial charge in [-0.1, -0.05) is 0 Å². The van der Waals surface area contributed by atoms with Gasteiger partial charge in [-0.2, -0.15) is 4.73 Å². The zero-order valence-corrected chi connectivity index (χ0v) is 7.79. The average Bonchev–Trinajstić information content (AvgIpc) is 2.30. The Balaban J connectivity index is 2.60. The second-order valence-corrected chi connectivity index (χ2v) is 3.31. The van der Waals surface area contributed by atoms with Crippen molar-refractivity contribution in [2.24, 2.45) is 0 Å². The first-order valence-corrected chi connectivity index (χ1v) is 4.56. The predicted octanol–water partition coefficient (Wildman–Crippen LogP) is 1.42. The van der Waals surface area contributed by atoms with E-state index in [0.717, 1.165) is 15.5 Å². The van der Waals surface area contributed by atoms with Crippen LogP contribution in [0, 0.1) is 5.21 Å². The second kappa shape index (κ2) is 2.88. The van der Waals surface area contributed by atoms with Crippen molar-refractivity contribution in [3.63, 3.8) is 0 Å². The number of hydrogen-bond acceptors (Lipinski definition) is 3. The highest BCUT2D eigenvalue weighted by molar-refractivity contribution is 5.87. The van der Waals surface area contributed by atoms with Gasteiger partial charge in [-0.15, -0.1) is 0 Å². The van der Waals surface area contributed by atoms with E-state index in [4.69, 9.17) is 0 Å². The van der Waals surface area contributed by atoms with Crippen LogP contribution < -0.4 is 4.73 Å². The first-order valence-electron chi connectivity index (χ1n) is 4.56. The molecule has 72 valence electrons. The molecule has 3 aromatic heterocycles. The van der Waals surface area contributed by atoms with Crippen LogP contribution in [0.5, 0.6) is 0 Å². The van der Waals surface area contributed by atoms with E-state index in [0.29, 0.717) is 11.0 Å². The smallest absolute Gasteiger partial charge is 0.227 e. The molecule has 3 rings (SSSR count). The molecule has 3 aromatic rings. The third-order valence-corrected chi connectivity index (χ3v) is 2.40. The van der Waals surface area contributed by atoms with Crippen molar-refractivity contribution in [3.8, 4) is 0 Å². The van der Waals surface area contributed by atoms with Gasteiger partial charge in [-0.25, -0.2) is 0 Å². The fraction of sp³-hybridized carbons (Fsp3) is 0. The Morgan fingerprint density at radius 1 is 0.933 bits per heavy atom. The molecule has 0 bridgehead atoms. The third-order valence-electron chi connectivity index (χ3n) is 2.40. The molecule has 4 nitrogen and oxygen atoms in total. The summed E-state index contributed by atoms with van der Waals surface area (Å²) in [5, 5.41) is 13.6. The maximum absolute atomic E-state index is 11.9. The summed E-state index contributed by atoms with van der Waals surface area (Å²) in [6, 6.07) is 5.34. The summed E-state index contributed by atoms with van der Waals surface area (Å²) >= 11 is 0. The zero-order chi connectivity index (χ0) is 10.3. The minimum Gasteiger partial charge on any atom is -0.618 e. The highest BCUT2D eigenvalue weighted by Crippen LogP contribution is 2.15. The Hall–Kier alpha value is -2.23. The van der Waals surface area contributed by atoms with E-state index < -0.39 is 0 Å². The summed E-state index contributed by atoms with van der Waals surface area (Å²) in [4.78, 5) is 7.98. The normalized spacial score (nSPS) is 10.9. The van der Waals surface area contributed by atoms with Crippen molar-refractivity contribution in [1.82, 2.24) is 9.97 Å². The lowest BCUT2D eigenvalue weighted by molar-refractivity contribution is -0.547. The minimum atomic E-state index is 0.628. The SMILES string of the molecule is [O-][n+]1c2ccncc2cc2cnccc21. The molecule has 0 aliphatic heterocycles. The van der Waals surface area contributed by atoms with Gasteiger partial charge >= 0.3 is 0 Å². The van der Waals surface area contributed by atoms with Crippen LogP contribution in [0.1, 0.15) is 0 Å². The molecule has 0 amide bonds. The largest absolute Gasteiger partial charge is 0.618 e. The van der Waals surface area contributed by atoms with Gasteiger partial charge in [-0.05, 0) is 6.07 Å². The molecule has 0 N–H and O–H groups in total. The van der Waals surface area contributed by atoms with Crippen molar-refractivity contribution in [3.05, 3.63) is 48.2 Å². The Bertz CT molecular complexity index is 597. The number of nitrogens with zero attached hydrogens (tertiary/aromatic N) is 3. The van der Waals surface area contributed by atoms with Crippen molar-refractivity contribution < 1.29 is 4.73 Å². The average molecular weight is 197 g/mol. The Kier molecular flexibility index (Phi) is 1.56. The van der Waals surface area contributed by atoms with E-state index in [1.807, 2.05) is 6.07 Å². The number of fused-ring (bicyclic) bond motifs is 2. The van der Waals surface area contributed by atoms with Crippen LogP contribution >= 0.6 is 0 Å². The zero-order valence-electron chi connectivity index (χ0n) is 7.79. The molecular formula is C11H7N3O. The lowest BCUT2D eigenvalue weighted by Gasteiger charge is -2.04. The third kappa shape index (κ3) is 1.11. The standard InChI is InChI=1S/C11H7N3O/c15-14-10-1-3-12-6-8(10)5-9-7-13-4-2-11(9)14/h1-7H. The van der Waals surface area contributed by atoms with Crippen LogP contribution in [-0.2, 0) is 0 Å². The summed E-state index contributed by atoms with van der Waals surface area (Å²) in [6.07, 6.45) is 6.58. The van der Waals surface area contributed by atoms with Gasteiger partial charge in [-0.3, -0.25) is 9.97 Å². The van der Waals surface area contributed by atoms with Crippen LogP contribution in [0.2, 0.25) is 0 Å². The molecule has 0 atom stereocenters. The summed E-state index contributed by atoms with van der Waals surface area (Å²) in [5.74, 6) is 0. The van der Waals surface area contributed by atoms with Crippen molar-refractivity contribution in [2.45, 2.75) is 0 Å². The molecule has 0 radical (unpaired) electrons. The molecule has 0 fully saturated rings. The molecular weight excluding hydrogens is 190 g/mol. The van der Waals surface area contributed by atoms with E-state index >= 15 is 0 Å². The van der Waals surface area contributed by atoms with Gasteiger partial charge in [0, 0.05) is 36.9 Å². The van der Waals surface area contributed by atoms with E-state index in [1.54, 1.807) is 36.9 Å². The summed E-state index contributed by atoms with van der Waals surface area (Å²) in [5.41, 5.74) is 1.26. The van der Waals surface area contributed by atoms with Crippen molar-refractivity contribution in [1.29, 1.82) is 0 Å². The molecule has 3 heterocycles. The molecule has 0 unspecified atom stereocenters. The van der Waals surface area contributed by atoms with Gasteiger partial charge in [0.05, 0.1) is 10.8 Å². The molecule has 15 heavy (non-hydrogen) atoms. The fourth-order valence-corrected chi connectivity index (χ4v) is 1.69. The number of aromatic nitrogens is 3. The van der Waals surface area contributed by atoms with Crippen LogP contribution in [-0.4, -0.2) is 9.97 Å². The molecule has 0 saturated heterocycles. The summed E-state index contributed by atoms with van der Waals surface area (Å²) in [6.45, 7) is 0. The van der Waals surface area contributed by atoms with E-state index in [9.17, 15) is 5.21 Å². The van der Waals surface area contributed by atoms with E-state index in [2.05, 4.69) is 9.97 Å². The van der Waals surface area contributed by atoms with Crippen molar-refractivity contribution >= 4 is 21.8 Å². The Labute approximate surface area is 85.4 Å². The number of pyridine rings is 3. The quantitative estimate of drug-likeness (QED) is 0.311. The lowest BCUT2D eigenvalue weighted by Crippen LogP contribution is -2.27. The highest BCUT2D eigenvalue weighted by atomic mass is 16.5. The molecule has 0 aromatic carbocycles. The van der Waals surface area contributed by atoms with Crippen LogP contribution in [0.15, 0.2) is 43.0 Å². The molecule has 4 heteroatoms. The predicted molar refractivity (Wildman–Crippen MR) is 56.0 cm³/mol. The van der Waals surface area contributed by atoms with Crippen LogP contribution in [0.25, 0.3) is 21.8 Å². The summed E-state index contributed by atoms with van der Waals surface area (Å²) in [7, 11) is 0. The minimum absolute atomic E-state index is 0.628. The van der Waals surface area contributed by atoms with Crippen LogP contribution in [0.3, 0.4) is 0 Å². The van der Waals surface area contributed by atoms with Crippen molar-refractivity contribution in [2.75, 3.05) is 0 Å². The van der Waals surface area contributed by atoms with Gasteiger partial charge in [0.1, 0.15) is 0 Å². The lowest BCUT2D eigenvalue weighted by atomic mass is 10.2. The van der Waals surface area contributed by atoms with E-state index in [-0.39, 0.29) is 0 Å². The second-order valence-electron chi connectivity index (χ2n) is 3.31. The molecule has 0 spiro atoms. The van der Waals surface area contributed by atoms with Gasteiger partial charge in [0.15, 0.2) is 0 Å². The summed E-state index contributed by atoms with van der Waals surface area (Å²) < 4.78 is 0.911. The first kappa shape index (κ1) is 8.11. The number of hydrogen-bond donors (Lipinski definition) is 0. The van der Waals surface area contributed by atoms with E-state index in [1.165, 1.54) is 0 Å². The maximum atomic E-state index is 11.9. The monoisotopic (exact) mass is 197 g/mol. The Morgan fingerprint density at radius 3 is 2.00 bits per heavy atom. The maximum Gasteiger partial charge on any atom is 0.227 e. The molecule has 0 saturated carbocycles. The number of rotatable bonds is 0. The van der Waals surface area contributed by atoms with Gasteiger partial charge < -0.3 is 5.21 Å². The fourth-order valence-electron chi connectivity index (χ4n) is 1.69. The Morgan fingerprint density at radius 2 is 1.47 bits per heavy atom.